The molecule has 21 heavy (non-hydrogen) atoms. The summed E-state index contributed by atoms with van der Waals surface area (Å²) in [5.74, 6) is -0.197. The second-order valence-corrected chi connectivity index (χ2v) is 5.00. The Labute approximate surface area is 123 Å². The topological polar surface area (TPSA) is 38.3 Å². The van der Waals surface area contributed by atoms with E-state index in [0.717, 1.165) is 11.1 Å². The van der Waals surface area contributed by atoms with Gasteiger partial charge in [-0.05, 0) is 50.1 Å². The van der Waals surface area contributed by atoms with E-state index < -0.39 is 11.9 Å². The van der Waals surface area contributed by atoms with Gasteiger partial charge in [0.2, 0.25) is 0 Å². The summed E-state index contributed by atoms with van der Waals surface area (Å²) in [6.07, 6.45) is -0.717. The lowest BCUT2D eigenvalue weighted by Crippen LogP contribution is -2.30. The summed E-state index contributed by atoms with van der Waals surface area (Å²) in [4.78, 5) is 12.1. The van der Waals surface area contributed by atoms with E-state index >= 15 is 0 Å². The van der Waals surface area contributed by atoms with Crippen LogP contribution in [0.25, 0.3) is 0 Å². The van der Waals surface area contributed by atoms with Gasteiger partial charge in [-0.3, -0.25) is 4.79 Å². The van der Waals surface area contributed by atoms with Crippen molar-refractivity contribution in [2.24, 2.45) is 0 Å². The number of ether oxygens (including phenoxy) is 1. The number of anilines is 1. The number of hydrogen-bond donors (Lipinski definition) is 1. The Bertz CT molecular complexity index is 655. The van der Waals surface area contributed by atoms with Crippen LogP contribution in [-0.4, -0.2) is 12.0 Å². The van der Waals surface area contributed by atoms with Crippen LogP contribution in [0, 0.1) is 19.7 Å². The Morgan fingerprint density at radius 3 is 2.62 bits per heavy atom. The van der Waals surface area contributed by atoms with Crippen molar-refractivity contribution in [1.29, 1.82) is 0 Å². The van der Waals surface area contributed by atoms with Gasteiger partial charge >= 0.3 is 0 Å². The van der Waals surface area contributed by atoms with Crippen molar-refractivity contribution in [2.75, 3.05) is 5.32 Å². The fourth-order valence-corrected chi connectivity index (χ4v) is 1.88. The molecule has 0 spiro atoms. The number of halogens is 1. The monoisotopic (exact) mass is 287 g/mol. The summed E-state index contributed by atoms with van der Waals surface area (Å²) in [5, 5.41) is 2.53. The molecule has 2 aromatic rings. The van der Waals surface area contributed by atoms with Crippen molar-refractivity contribution < 1.29 is 13.9 Å². The van der Waals surface area contributed by atoms with Crippen LogP contribution < -0.4 is 10.1 Å². The number of amides is 1. The van der Waals surface area contributed by atoms with E-state index in [-0.39, 0.29) is 11.6 Å². The van der Waals surface area contributed by atoms with E-state index in [1.165, 1.54) is 12.1 Å². The first-order valence-corrected chi connectivity index (χ1v) is 6.76. The normalized spacial score (nSPS) is 11.8. The lowest BCUT2D eigenvalue weighted by molar-refractivity contribution is -0.122. The van der Waals surface area contributed by atoms with Crippen molar-refractivity contribution >= 4 is 11.6 Å². The fourth-order valence-electron chi connectivity index (χ4n) is 1.88. The van der Waals surface area contributed by atoms with Crippen LogP contribution in [0.1, 0.15) is 18.1 Å². The molecule has 0 fully saturated rings. The number of hydrogen-bond acceptors (Lipinski definition) is 2. The van der Waals surface area contributed by atoms with Gasteiger partial charge < -0.3 is 10.1 Å². The molecule has 1 amide bonds. The van der Waals surface area contributed by atoms with Gasteiger partial charge in [0.1, 0.15) is 11.6 Å². The molecule has 0 aliphatic heterocycles. The van der Waals surface area contributed by atoms with Crippen LogP contribution in [-0.2, 0) is 4.79 Å². The molecule has 4 heteroatoms. The first kappa shape index (κ1) is 15.0. The van der Waals surface area contributed by atoms with Gasteiger partial charge in [0, 0.05) is 0 Å². The van der Waals surface area contributed by atoms with Crippen molar-refractivity contribution in [3.05, 3.63) is 59.4 Å². The molecule has 1 atom stereocenters. The number of carbonyl (C=O) groups excluding carboxylic acids is 1. The number of nitrogens with one attached hydrogen (secondary N) is 1. The molecule has 0 heterocycles. The van der Waals surface area contributed by atoms with E-state index in [1.807, 2.05) is 32.0 Å². The van der Waals surface area contributed by atoms with Gasteiger partial charge in [0.15, 0.2) is 6.10 Å². The highest BCUT2D eigenvalue weighted by atomic mass is 19.1. The quantitative estimate of drug-likeness (QED) is 0.927. The van der Waals surface area contributed by atoms with Gasteiger partial charge in [-0.15, -0.1) is 0 Å². The van der Waals surface area contributed by atoms with E-state index in [2.05, 4.69) is 5.32 Å². The summed E-state index contributed by atoms with van der Waals surface area (Å²) in [7, 11) is 0. The molecule has 0 saturated carbocycles. The van der Waals surface area contributed by atoms with E-state index in [1.54, 1.807) is 19.1 Å². The molecule has 0 aliphatic rings. The predicted octanol–water partition coefficient (Wildman–Crippen LogP) is 3.85. The van der Waals surface area contributed by atoms with Gasteiger partial charge in [0.25, 0.3) is 5.91 Å². The lowest BCUT2D eigenvalue weighted by Gasteiger charge is -2.17. The van der Waals surface area contributed by atoms with Crippen LogP contribution in [0.3, 0.4) is 0 Å². The minimum atomic E-state index is -0.717. The molecule has 1 N–H and O–H groups in total. The zero-order valence-electron chi connectivity index (χ0n) is 12.3. The third kappa shape index (κ3) is 3.81. The Morgan fingerprint density at radius 1 is 1.19 bits per heavy atom. The van der Waals surface area contributed by atoms with Crippen molar-refractivity contribution in [2.45, 2.75) is 26.9 Å². The van der Waals surface area contributed by atoms with Crippen LogP contribution in [0.15, 0.2) is 42.5 Å². The van der Waals surface area contributed by atoms with Crippen LogP contribution >= 0.6 is 0 Å². The zero-order chi connectivity index (χ0) is 15.4. The Balaban J connectivity index is 2.06. The Hall–Kier alpha value is -2.36. The minimum Gasteiger partial charge on any atom is -0.481 e. The highest BCUT2D eigenvalue weighted by molar-refractivity contribution is 5.94. The van der Waals surface area contributed by atoms with Crippen LogP contribution in [0.5, 0.6) is 5.75 Å². The SMILES string of the molecule is Cc1ccc(C)c(O[C@H](C)C(=O)Nc2ccccc2F)c1. The summed E-state index contributed by atoms with van der Waals surface area (Å²) < 4.78 is 19.2. The molecule has 110 valence electrons. The second kappa shape index (κ2) is 6.39. The van der Waals surface area contributed by atoms with Crippen LogP contribution in [0.2, 0.25) is 0 Å². The highest BCUT2D eigenvalue weighted by Gasteiger charge is 2.17. The average Bonchev–Trinajstić information content (AvgIpc) is 2.45. The molecule has 3 nitrogen and oxygen atoms in total. The number of benzene rings is 2. The molecular weight excluding hydrogens is 269 g/mol. The van der Waals surface area contributed by atoms with E-state index in [9.17, 15) is 9.18 Å². The fraction of sp³-hybridized carbons (Fsp3) is 0.235. The van der Waals surface area contributed by atoms with Crippen molar-refractivity contribution in [3.8, 4) is 5.75 Å². The number of aryl methyl sites for hydroxylation is 2. The molecule has 0 radical (unpaired) electrons. The summed E-state index contributed by atoms with van der Waals surface area (Å²) in [6.45, 7) is 5.50. The third-order valence-electron chi connectivity index (χ3n) is 3.15. The van der Waals surface area contributed by atoms with Gasteiger partial charge in [-0.2, -0.15) is 0 Å². The maximum atomic E-state index is 13.5. The van der Waals surface area contributed by atoms with Crippen molar-refractivity contribution in [1.82, 2.24) is 0 Å². The Morgan fingerprint density at radius 2 is 1.90 bits per heavy atom. The van der Waals surface area contributed by atoms with E-state index in [0.29, 0.717) is 5.75 Å². The summed E-state index contributed by atoms with van der Waals surface area (Å²) in [5.41, 5.74) is 2.15. The van der Waals surface area contributed by atoms with Gasteiger partial charge in [-0.25, -0.2) is 4.39 Å². The smallest absolute Gasteiger partial charge is 0.265 e. The van der Waals surface area contributed by atoms with Crippen LogP contribution in [0.4, 0.5) is 10.1 Å². The molecule has 0 saturated heterocycles. The molecule has 0 bridgehead atoms. The molecule has 2 aromatic carbocycles. The largest absolute Gasteiger partial charge is 0.481 e. The number of para-hydroxylation sites is 1. The summed E-state index contributed by atoms with van der Waals surface area (Å²) in [6, 6.07) is 11.8. The molecule has 0 unspecified atom stereocenters. The maximum absolute atomic E-state index is 13.5. The number of carbonyl (C=O) groups is 1. The summed E-state index contributed by atoms with van der Waals surface area (Å²) >= 11 is 0. The molecular formula is C17H18FNO2. The molecule has 0 aliphatic carbocycles. The first-order chi connectivity index (χ1) is 9.97. The van der Waals surface area contributed by atoms with Crippen molar-refractivity contribution in [3.63, 3.8) is 0 Å². The predicted molar refractivity (Wildman–Crippen MR) is 81.0 cm³/mol. The average molecular weight is 287 g/mol. The van der Waals surface area contributed by atoms with E-state index in [4.69, 9.17) is 4.74 Å². The second-order valence-electron chi connectivity index (χ2n) is 5.00. The number of rotatable bonds is 4. The first-order valence-electron chi connectivity index (χ1n) is 6.76. The molecule has 0 aromatic heterocycles. The maximum Gasteiger partial charge on any atom is 0.265 e. The Kier molecular flexibility index (Phi) is 4.58. The highest BCUT2D eigenvalue weighted by Crippen LogP contribution is 2.21. The minimum absolute atomic E-state index is 0.152. The molecule has 2 rings (SSSR count). The van der Waals surface area contributed by atoms with Gasteiger partial charge in [-0.1, -0.05) is 24.3 Å². The van der Waals surface area contributed by atoms with Gasteiger partial charge in [0.05, 0.1) is 5.69 Å². The third-order valence-corrected chi connectivity index (χ3v) is 3.15. The zero-order valence-corrected chi connectivity index (χ0v) is 12.3. The lowest BCUT2D eigenvalue weighted by atomic mass is 10.1. The standard InChI is InChI=1S/C17H18FNO2/c1-11-8-9-12(2)16(10-11)21-13(3)17(20)19-15-7-5-4-6-14(15)18/h4-10,13H,1-3H3,(H,19,20)/t13-/m1/s1.